The first kappa shape index (κ1) is 8.24. The Kier molecular flexibility index (Phi) is 2.63. The zero-order valence-corrected chi connectivity index (χ0v) is 7.02. The summed E-state index contributed by atoms with van der Waals surface area (Å²) in [6.45, 7) is 4.92. The minimum atomic E-state index is 0.739. The van der Waals surface area contributed by atoms with Crippen LogP contribution in [0.15, 0.2) is 18.2 Å². The normalized spacial score (nSPS) is 10.1. The third-order valence-electron chi connectivity index (χ3n) is 1.59. The van der Waals surface area contributed by atoms with Gasteiger partial charge in [0, 0.05) is 6.54 Å². The second-order valence-corrected chi connectivity index (χ2v) is 2.88. The molecule has 1 rings (SSSR count). The third-order valence-corrected chi connectivity index (χ3v) is 1.59. The molecular weight excluding hydrogens is 136 g/mol. The van der Waals surface area contributed by atoms with Crippen LogP contribution in [0.2, 0.25) is 0 Å². The van der Waals surface area contributed by atoms with Crippen molar-refractivity contribution in [3.8, 4) is 0 Å². The van der Waals surface area contributed by atoms with Crippen LogP contribution in [0.3, 0.4) is 0 Å². The van der Waals surface area contributed by atoms with Crippen LogP contribution in [0, 0.1) is 13.8 Å². The van der Waals surface area contributed by atoms with E-state index < -0.39 is 0 Å². The van der Waals surface area contributed by atoms with Gasteiger partial charge in [-0.2, -0.15) is 0 Å². The molecule has 0 fully saturated rings. The molecule has 2 heteroatoms. The van der Waals surface area contributed by atoms with E-state index in [9.17, 15) is 0 Å². The van der Waals surface area contributed by atoms with Gasteiger partial charge in [0.1, 0.15) is 0 Å². The van der Waals surface area contributed by atoms with Crippen molar-refractivity contribution >= 4 is 0 Å². The Labute approximate surface area is 67.4 Å². The predicted molar refractivity (Wildman–Crippen MR) is 46.9 cm³/mol. The SMILES string of the molecule is Cc1cc(C)cc(CNN)c1. The second-order valence-electron chi connectivity index (χ2n) is 2.88. The number of nitrogens with two attached hydrogens (primary N) is 1. The number of rotatable bonds is 2. The number of aryl methyl sites for hydroxylation is 2. The Morgan fingerprint density at radius 3 is 2.18 bits per heavy atom. The molecule has 2 nitrogen and oxygen atoms in total. The van der Waals surface area contributed by atoms with E-state index in [0.717, 1.165) is 6.54 Å². The van der Waals surface area contributed by atoms with Gasteiger partial charge in [0.25, 0.3) is 0 Å². The van der Waals surface area contributed by atoms with Crippen LogP contribution in [-0.4, -0.2) is 0 Å². The number of nitrogens with one attached hydrogen (secondary N) is 1. The van der Waals surface area contributed by atoms with Crippen LogP contribution in [0.5, 0.6) is 0 Å². The summed E-state index contributed by atoms with van der Waals surface area (Å²) in [6, 6.07) is 6.42. The molecule has 3 N–H and O–H groups in total. The van der Waals surface area contributed by atoms with E-state index in [1.807, 2.05) is 0 Å². The van der Waals surface area contributed by atoms with Gasteiger partial charge in [0.05, 0.1) is 0 Å². The number of benzene rings is 1. The monoisotopic (exact) mass is 150 g/mol. The molecule has 11 heavy (non-hydrogen) atoms. The lowest BCUT2D eigenvalue weighted by molar-refractivity contribution is 0.740. The Hall–Kier alpha value is -0.860. The average Bonchev–Trinajstić information content (AvgIpc) is 1.85. The molecule has 0 spiro atoms. The maximum Gasteiger partial charge on any atom is 0.0348 e. The zero-order chi connectivity index (χ0) is 8.27. The summed E-state index contributed by atoms with van der Waals surface area (Å²) >= 11 is 0. The lowest BCUT2D eigenvalue weighted by atomic mass is 10.1. The van der Waals surface area contributed by atoms with Crippen molar-refractivity contribution in [3.05, 3.63) is 34.9 Å². The molecule has 0 unspecified atom stereocenters. The minimum absolute atomic E-state index is 0.739. The van der Waals surface area contributed by atoms with E-state index >= 15 is 0 Å². The molecule has 0 atom stereocenters. The first-order valence-electron chi connectivity index (χ1n) is 3.73. The highest BCUT2D eigenvalue weighted by Crippen LogP contribution is 2.07. The van der Waals surface area contributed by atoms with Gasteiger partial charge in [-0.05, 0) is 19.4 Å². The Morgan fingerprint density at radius 2 is 1.73 bits per heavy atom. The minimum Gasteiger partial charge on any atom is -0.271 e. The largest absolute Gasteiger partial charge is 0.271 e. The van der Waals surface area contributed by atoms with Gasteiger partial charge in [0.2, 0.25) is 0 Å². The highest BCUT2D eigenvalue weighted by atomic mass is 15.2. The van der Waals surface area contributed by atoms with Crippen molar-refractivity contribution in [2.24, 2.45) is 5.84 Å². The maximum atomic E-state index is 5.21. The molecule has 0 aromatic heterocycles. The summed E-state index contributed by atoms with van der Waals surface area (Å²) in [5.74, 6) is 5.21. The molecule has 0 aliphatic heterocycles. The quantitative estimate of drug-likeness (QED) is 0.492. The van der Waals surface area contributed by atoms with Gasteiger partial charge in [-0.15, -0.1) is 0 Å². The van der Waals surface area contributed by atoms with Crippen molar-refractivity contribution in [1.29, 1.82) is 0 Å². The highest BCUT2D eigenvalue weighted by Gasteiger charge is 1.93. The van der Waals surface area contributed by atoms with Crippen molar-refractivity contribution in [1.82, 2.24) is 5.43 Å². The van der Waals surface area contributed by atoms with E-state index in [1.54, 1.807) is 0 Å². The van der Waals surface area contributed by atoms with Gasteiger partial charge in [-0.1, -0.05) is 29.3 Å². The van der Waals surface area contributed by atoms with Crippen LogP contribution >= 0.6 is 0 Å². The Balaban J connectivity index is 2.89. The highest BCUT2D eigenvalue weighted by molar-refractivity contribution is 5.28. The Morgan fingerprint density at radius 1 is 1.18 bits per heavy atom. The van der Waals surface area contributed by atoms with E-state index in [2.05, 4.69) is 37.5 Å². The van der Waals surface area contributed by atoms with Crippen molar-refractivity contribution in [3.63, 3.8) is 0 Å². The van der Waals surface area contributed by atoms with Crippen molar-refractivity contribution in [2.45, 2.75) is 20.4 Å². The molecule has 0 bridgehead atoms. The van der Waals surface area contributed by atoms with Gasteiger partial charge < -0.3 is 0 Å². The third kappa shape index (κ3) is 2.33. The molecule has 1 aromatic rings. The lowest BCUT2D eigenvalue weighted by Gasteiger charge is -2.02. The van der Waals surface area contributed by atoms with E-state index in [0.29, 0.717) is 0 Å². The number of hydrogen-bond donors (Lipinski definition) is 2. The summed E-state index contributed by atoms with van der Waals surface area (Å²) in [4.78, 5) is 0. The molecule has 0 aliphatic rings. The summed E-state index contributed by atoms with van der Waals surface area (Å²) in [5.41, 5.74) is 6.45. The first-order valence-corrected chi connectivity index (χ1v) is 3.73. The fourth-order valence-corrected chi connectivity index (χ4v) is 1.29. The summed E-state index contributed by atoms with van der Waals surface area (Å²) < 4.78 is 0. The predicted octanol–water partition coefficient (Wildman–Crippen LogP) is 1.27. The van der Waals surface area contributed by atoms with Crippen LogP contribution in [0.25, 0.3) is 0 Å². The molecule has 0 aliphatic carbocycles. The zero-order valence-electron chi connectivity index (χ0n) is 7.02. The first-order chi connectivity index (χ1) is 5.22. The standard InChI is InChI=1S/C9H14N2/c1-7-3-8(2)5-9(4-7)6-11-10/h3-5,11H,6,10H2,1-2H3. The summed E-state index contributed by atoms with van der Waals surface area (Å²) in [6.07, 6.45) is 0. The molecule has 0 amide bonds. The summed E-state index contributed by atoms with van der Waals surface area (Å²) in [5, 5.41) is 0. The van der Waals surface area contributed by atoms with Crippen LogP contribution < -0.4 is 11.3 Å². The van der Waals surface area contributed by atoms with Crippen molar-refractivity contribution in [2.75, 3.05) is 0 Å². The average molecular weight is 150 g/mol. The van der Waals surface area contributed by atoms with Crippen molar-refractivity contribution < 1.29 is 0 Å². The van der Waals surface area contributed by atoms with Crippen LogP contribution in [-0.2, 0) is 6.54 Å². The van der Waals surface area contributed by atoms with Crippen LogP contribution in [0.4, 0.5) is 0 Å². The number of hydrogen-bond acceptors (Lipinski definition) is 2. The maximum absolute atomic E-state index is 5.21. The van der Waals surface area contributed by atoms with Gasteiger partial charge >= 0.3 is 0 Å². The number of hydrazine groups is 1. The molecule has 0 saturated carbocycles. The molecule has 1 aromatic carbocycles. The molecule has 0 saturated heterocycles. The molecular formula is C9H14N2. The lowest BCUT2D eigenvalue weighted by Crippen LogP contribution is -2.20. The van der Waals surface area contributed by atoms with Gasteiger partial charge in [-0.3, -0.25) is 11.3 Å². The summed E-state index contributed by atoms with van der Waals surface area (Å²) in [7, 11) is 0. The second kappa shape index (κ2) is 3.51. The fraction of sp³-hybridized carbons (Fsp3) is 0.333. The van der Waals surface area contributed by atoms with E-state index in [1.165, 1.54) is 16.7 Å². The molecule has 0 radical (unpaired) electrons. The fourth-order valence-electron chi connectivity index (χ4n) is 1.29. The smallest absolute Gasteiger partial charge is 0.0348 e. The van der Waals surface area contributed by atoms with Gasteiger partial charge in [-0.25, -0.2) is 0 Å². The van der Waals surface area contributed by atoms with Crippen LogP contribution in [0.1, 0.15) is 16.7 Å². The van der Waals surface area contributed by atoms with Gasteiger partial charge in [0.15, 0.2) is 0 Å². The Bertz CT molecular complexity index is 223. The molecule has 60 valence electrons. The topological polar surface area (TPSA) is 38.0 Å². The van der Waals surface area contributed by atoms with E-state index in [4.69, 9.17) is 5.84 Å². The molecule has 0 heterocycles. The van der Waals surface area contributed by atoms with E-state index in [-0.39, 0.29) is 0 Å².